The average molecular weight is 346 g/mol. The van der Waals surface area contributed by atoms with E-state index in [0.717, 1.165) is 25.9 Å². The molecule has 1 aliphatic heterocycles. The first-order chi connectivity index (χ1) is 11.9. The van der Waals surface area contributed by atoms with Crippen molar-refractivity contribution < 1.29 is 19.9 Å². The van der Waals surface area contributed by atoms with Gasteiger partial charge in [0.05, 0.1) is 0 Å². The molecule has 6 nitrogen and oxygen atoms in total. The minimum atomic E-state index is -1.34. The van der Waals surface area contributed by atoms with Gasteiger partial charge in [0.1, 0.15) is 5.54 Å². The van der Waals surface area contributed by atoms with Crippen LogP contribution in [0.25, 0.3) is 0 Å². The second-order valence-electron chi connectivity index (χ2n) is 7.69. The van der Waals surface area contributed by atoms with Crippen LogP contribution >= 0.6 is 0 Å². The highest BCUT2D eigenvalue weighted by molar-refractivity contribution is 6.40. The zero-order valence-electron chi connectivity index (χ0n) is 14.5. The summed E-state index contributed by atoms with van der Waals surface area (Å²) in [7, 11) is -1.34. The number of rotatable bonds is 6. The number of benzene rings is 1. The number of fused-ring (bicyclic) bond motifs is 1. The molecule has 0 amide bonds. The molecule has 5 N–H and O–H groups in total. The first-order valence-electron chi connectivity index (χ1n) is 9.06. The van der Waals surface area contributed by atoms with Gasteiger partial charge in [-0.25, -0.2) is 0 Å². The molecule has 2 aliphatic rings. The highest BCUT2D eigenvalue weighted by Crippen LogP contribution is 2.39. The summed E-state index contributed by atoms with van der Waals surface area (Å²) in [6.45, 7) is 2.39. The molecule has 1 aromatic carbocycles. The normalized spacial score (nSPS) is 29.4. The fraction of sp³-hybridized carbons (Fsp3) is 0.611. The van der Waals surface area contributed by atoms with E-state index < -0.39 is 18.6 Å². The summed E-state index contributed by atoms with van der Waals surface area (Å²) in [5.74, 6) is -0.895. The third-order valence-corrected chi connectivity index (χ3v) is 5.89. The predicted octanol–water partition coefficient (Wildman–Crippen LogP) is 1.06. The van der Waals surface area contributed by atoms with Crippen molar-refractivity contribution in [1.29, 1.82) is 0 Å². The van der Waals surface area contributed by atoms with E-state index in [1.165, 1.54) is 11.1 Å². The Morgan fingerprint density at radius 2 is 1.88 bits per heavy atom. The lowest BCUT2D eigenvalue weighted by molar-refractivity contribution is -0.148. The molecule has 0 unspecified atom stereocenters. The second-order valence-corrected chi connectivity index (χ2v) is 7.69. The highest BCUT2D eigenvalue weighted by Gasteiger charge is 2.47. The van der Waals surface area contributed by atoms with E-state index in [9.17, 15) is 9.90 Å². The Balaban J connectivity index is 1.64. The molecular weight excluding hydrogens is 319 g/mol. The van der Waals surface area contributed by atoms with Gasteiger partial charge in [-0.3, -0.25) is 9.69 Å². The lowest BCUT2D eigenvalue weighted by atomic mass is 9.66. The third-order valence-electron chi connectivity index (χ3n) is 5.89. The van der Waals surface area contributed by atoms with Gasteiger partial charge in [-0.15, -0.1) is 0 Å². The maximum atomic E-state index is 11.9. The van der Waals surface area contributed by atoms with Gasteiger partial charge in [0.2, 0.25) is 0 Å². The largest absolute Gasteiger partial charge is 0.480 e. The van der Waals surface area contributed by atoms with Crippen LogP contribution in [0.4, 0.5) is 0 Å². The van der Waals surface area contributed by atoms with E-state index in [0.29, 0.717) is 19.4 Å². The van der Waals surface area contributed by atoms with Gasteiger partial charge < -0.3 is 20.9 Å². The summed E-state index contributed by atoms with van der Waals surface area (Å²) in [6.07, 6.45) is 2.94. The summed E-state index contributed by atoms with van der Waals surface area (Å²) in [6, 6.07) is 8.32. The van der Waals surface area contributed by atoms with E-state index in [4.69, 9.17) is 15.8 Å². The van der Waals surface area contributed by atoms with E-state index in [1.807, 2.05) is 12.1 Å². The van der Waals surface area contributed by atoms with Crippen molar-refractivity contribution in [2.24, 2.45) is 17.6 Å². The number of nitrogens with two attached hydrogens (primary N) is 1. The predicted molar refractivity (Wildman–Crippen MR) is 95.6 cm³/mol. The lowest BCUT2D eigenvalue weighted by Gasteiger charge is -2.43. The molecule has 0 aromatic heterocycles. The monoisotopic (exact) mass is 346 g/mol. The van der Waals surface area contributed by atoms with Crippen LogP contribution in [0.1, 0.15) is 36.8 Å². The van der Waals surface area contributed by atoms with Crippen LogP contribution in [0.5, 0.6) is 0 Å². The van der Waals surface area contributed by atoms with Crippen molar-refractivity contribution in [3.8, 4) is 0 Å². The van der Waals surface area contributed by atoms with Gasteiger partial charge in [0.25, 0.3) is 0 Å². The molecule has 0 saturated heterocycles. The fourth-order valence-electron chi connectivity index (χ4n) is 4.43. The Morgan fingerprint density at radius 3 is 2.44 bits per heavy atom. The molecular formula is C18H27BN2O4. The minimum Gasteiger partial charge on any atom is -0.480 e. The molecule has 1 fully saturated rings. The smallest absolute Gasteiger partial charge is 0.451 e. The third kappa shape index (κ3) is 4.06. The molecule has 3 rings (SSSR count). The van der Waals surface area contributed by atoms with Crippen LogP contribution in [-0.4, -0.2) is 45.2 Å². The Hall–Kier alpha value is -1.41. The highest BCUT2D eigenvalue weighted by atomic mass is 16.4. The van der Waals surface area contributed by atoms with E-state index in [-0.39, 0.29) is 18.2 Å². The summed E-state index contributed by atoms with van der Waals surface area (Å²) in [5.41, 5.74) is 7.76. The van der Waals surface area contributed by atoms with Gasteiger partial charge in [-0.1, -0.05) is 30.7 Å². The summed E-state index contributed by atoms with van der Waals surface area (Å²) in [5, 5.41) is 27.9. The van der Waals surface area contributed by atoms with Crippen molar-refractivity contribution in [2.45, 2.75) is 50.6 Å². The second kappa shape index (κ2) is 7.46. The number of aliphatic carboxylic acids is 1. The van der Waals surface area contributed by atoms with Crippen molar-refractivity contribution in [2.75, 3.05) is 6.54 Å². The van der Waals surface area contributed by atoms with Crippen LogP contribution in [0.15, 0.2) is 24.3 Å². The molecule has 1 aromatic rings. The Morgan fingerprint density at radius 1 is 1.24 bits per heavy atom. The van der Waals surface area contributed by atoms with Gasteiger partial charge >= 0.3 is 13.1 Å². The molecule has 1 aliphatic carbocycles. The zero-order chi connectivity index (χ0) is 18.0. The number of hydrogen-bond acceptors (Lipinski definition) is 5. The van der Waals surface area contributed by atoms with Gasteiger partial charge in [0.15, 0.2) is 0 Å². The quantitative estimate of drug-likeness (QED) is 0.574. The maximum absolute atomic E-state index is 11.9. The van der Waals surface area contributed by atoms with Crippen LogP contribution in [0.3, 0.4) is 0 Å². The number of carboxylic acids is 1. The Kier molecular flexibility index (Phi) is 5.48. The van der Waals surface area contributed by atoms with Gasteiger partial charge in [0, 0.05) is 25.6 Å². The van der Waals surface area contributed by atoms with Crippen LogP contribution < -0.4 is 5.73 Å². The average Bonchev–Trinajstić information content (AvgIpc) is 2.97. The Labute approximate surface area is 148 Å². The van der Waals surface area contributed by atoms with Gasteiger partial charge in [-0.05, 0) is 42.6 Å². The molecule has 0 bridgehead atoms. The standard InChI is InChI=1S/C18H27BN2O4/c20-18(17(22)23)9-13(7-8-19(24)25)5-6-16(18)12-21-10-14-3-1-2-4-15(14)11-21/h1-4,13,16,24-25H,5-12,20H2,(H,22,23)/t13-,16-,18+/m1/s1. The van der Waals surface area contributed by atoms with Gasteiger partial charge in [-0.2, -0.15) is 0 Å². The first kappa shape index (κ1) is 18.4. The van der Waals surface area contributed by atoms with Crippen LogP contribution in [0.2, 0.25) is 6.32 Å². The topological polar surface area (TPSA) is 107 Å². The zero-order valence-corrected chi connectivity index (χ0v) is 14.5. The van der Waals surface area contributed by atoms with Crippen molar-refractivity contribution in [3.63, 3.8) is 0 Å². The number of hydrogen-bond donors (Lipinski definition) is 4. The summed E-state index contributed by atoms with van der Waals surface area (Å²) < 4.78 is 0. The first-order valence-corrected chi connectivity index (χ1v) is 9.06. The Bertz CT molecular complexity index is 602. The van der Waals surface area contributed by atoms with Crippen LogP contribution in [-0.2, 0) is 17.9 Å². The molecule has 3 atom stereocenters. The van der Waals surface area contributed by atoms with Crippen molar-refractivity contribution in [3.05, 3.63) is 35.4 Å². The fourth-order valence-corrected chi connectivity index (χ4v) is 4.43. The SMILES string of the molecule is N[C@@]1(C(=O)O)C[C@@H](CCB(O)O)CC[C@@H]1CN1Cc2ccccc2C1. The molecule has 25 heavy (non-hydrogen) atoms. The minimum absolute atomic E-state index is 0.0883. The summed E-state index contributed by atoms with van der Waals surface area (Å²) >= 11 is 0. The van der Waals surface area contributed by atoms with E-state index in [2.05, 4.69) is 17.0 Å². The van der Waals surface area contributed by atoms with E-state index >= 15 is 0 Å². The number of carboxylic acid groups (broad SMARTS) is 1. The van der Waals surface area contributed by atoms with Crippen LogP contribution in [0, 0.1) is 11.8 Å². The van der Waals surface area contributed by atoms with Crippen molar-refractivity contribution >= 4 is 13.1 Å². The summed E-state index contributed by atoms with van der Waals surface area (Å²) in [4.78, 5) is 14.2. The number of nitrogens with zero attached hydrogens (tertiary/aromatic N) is 1. The molecule has 1 heterocycles. The molecule has 1 saturated carbocycles. The molecule has 0 radical (unpaired) electrons. The number of carbonyl (C=O) groups is 1. The van der Waals surface area contributed by atoms with E-state index in [1.54, 1.807) is 0 Å². The molecule has 0 spiro atoms. The molecule has 7 heteroatoms. The lowest BCUT2D eigenvalue weighted by Crippen LogP contribution is -2.59. The molecule has 136 valence electrons. The van der Waals surface area contributed by atoms with Crippen molar-refractivity contribution in [1.82, 2.24) is 4.90 Å². The maximum Gasteiger partial charge on any atom is 0.451 e.